The Balaban J connectivity index is 1.63. The van der Waals surface area contributed by atoms with Gasteiger partial charge in [-0.25, -0.2) is 0 Å². The predicted octanol–water partition coefficient (Wildman–Crippen LogP) is 2.28. The molecule has 1 aromatic carbocycles. The molecule has 18 heavy (non-hydrogen) atoms. The Morgan fingerprint density at radius 2 is 2.11 bits per heavy atom. The average Bonchev–Trinajstić information content (AvgIpc) is 2.97. The van der Waals surface area contributed by atoms with E-state index in [1.807, 2.05) is 0 Å². The molecule has 2 atom stereocenters. The van der Waals surface area contributed by atoms with Crippen LogP contribution in [0.5, 0.6) is 0 Å². The second kappa shape index (κ2) is 3.95. The van der Waals surface area contributed by atoms with Crippen molar-refractivity contribution in [2.75, 3.05) is 0 Å². The van der Waals surface area contributed by atoms with Crippen LogP contribution in [-0.2, 0) is 13.0 Å². The molecular formula is C15H17N3. The quantitative estimate of drug-likeness (QED) is 0.871. The van der Waals surface area contributed by atoms with Crippen molar-refractivity contribution in [2.24, 2.45) is 0 Å². The van der Waals surface area contributed by atoms with Gasteiger partial charge >= 0.3 is 0 Å². The molecule has 0 saturated carbocycles. The first-order chi connectivity index (χ1) is 8.88. The van der Waals surface area contributed by atoms with E-state index in [0.29, 0.717) is 12.1 Å². The molecule has 3 heterocycles. The Labute approximate surface area is 107 Å². The molecule has 2 aromatic rings. The van der Waals surface area contributed by atoms with E-state index in [9.17, 15) is 0 Å². The first-order valence-electron chi connectivity index (χ1n) is 6.75. The predicted molar refractivity (Wildman–Crippen MR) is 70.4 cm³/mol. The second-order valence-corrected chi connectivity index (χ2v) is 5.41. The van der Waals surface area contributed by atoms with Crippen LogP contribution in [0.1, 0.15) is 35.7 Å². The number of rotatable bonds is 2. The molecular weight excluding hydrogens is 222 g/mol. The minimum atomic E-state index is 0.559. The number of nitrogens with zero attached hydrogens (tertiary/aromatic N) is 2. The lowest BCUT2D eigenvalue weighted by atomic mass is 10.0. The molecule has 0 unspecified atom stereocenters. The molecule has 3 heteroatoms. The summed E-state index contributed by atoms with van der Waals surface area (Å²) in [7, 11) is 0. The summed E-state index contributed by atoms with van der Waals surface area (Å²) in [5, 5.41) is 8.43. The van der Waals surface area contributed by atoms with Crippen LogP contribution in [0.3, 0.4) is 0 Å². The smallest absolute Gasteiger partial charge is 0.0688 e. The molecule has 2 aliphatic heterocycles. The largest absolute Gasteiger partial charge is 0.307 e. The van der Waals surface area contributed by atoms with Gasteiger partial charge in [0.2, 0.25) is 0 Å². The third kappa shape index (κ3) is 1.66. The van der Waals surface area contributed by atoms with Gasteiger partial charge in [0, 0.05) is 30.3 Å². The van der Waals surface area contributed by atoms with Gasteiger partial charge in [-0.3, -0.25) is 4.68 Å². The van der Waals surface area contributed by atoms with Gasteiger partial charge in [-0.05, 0) is 18.4 Å². The van der Waals surface area contributed by atoms with Crippen molar-refractivity contribution in [1.29, 1.82) is 0 Å². The van der Waals surface area contributed by atoms with Crippen LogP contribution in [0.2, 0.25) is 0 Å². The topological polar surface area (TPSA) is 29.9 Å². The van der Waals surface area contributed by atoms with Gasteiger partial charge in [0.25, 0.3) is 0 Å². The van der Waals surface area contributed by atoms with Gasteiger partial charge in [0.15, 0.2) is 0 Å². The fraction of sp³-hybridized carbons (Fsp3) is 0.400. The van der Waals surface area contributed by atoms with E-state index in [1.165, 1.54) is 29.7 Å². The van der Waals surface area contributed by atoms with Gasteiger partial charge in [0.05, 0.1) is 12.2 Å². The van der Waals surface area contributed by atoms with Crippen LogP contribution in [0.4, 0.5) is 0 Å². The van der Waals surface area contributed by atoms with E-state index < -0.39 is 0 Å². The third-order valence-electron chi connectivity index (χ3n) is 4.11. The standard InChI is InChI=1S/C15H17N3/c1-2-4-11(5-3-1)9-18-10-13-14-7-6-12(16-14)8-15(13)17-18/h1-5,10,12,14,16H,6-9H2/t12-,14-/m1/s1. The zero-order valence-corrected chi connectivity index (χ0v) is 10.3. The van der Waals surface area contributed by atoms with Crippen molar-refractivity contribution >= 4 is 0 Å². The summed E-state index contributed by atoms with van der Waals surface area (Å²) in [6, 6.07) is 11.8. The minimum Gasteiger partial charge on any atom is -0.307 e. The molecule has 0 radical (unpaired) electrons. The van der Waals surface area contributed by atoms with Crippen LogP contribution in [0, 0.1) is 0 Å². The molecule has 1 saturated heterocycles. The summed E-state index contributed by atoms with van der Waals surface area (Å²) >= 11 is 0. The zero-order chi connectivity index (χ0) is 11.9. The SMILES string of the molecule is c1ccc(Cn2cc3c(n2)C[C@H]2CC[C@H]3N2)cc1. The summed E-state index contributed by atoms with van der Waals surface area (Å²) in [5.74, 6) is 0. The molecule has 2 aliphatic rings. The monoisotopic (exact) mass is 239 g/mol. The first-order valence-corrected chi connectivity index (χ1v) is 6.75. The number of benzene rings is 1. The third-order valence-corrected chi connectivity index (χ3v) is 4.11. The number of fused-ring (bicyclic) bond motifs is 4. The Bertz CT molecular complexity index is 558. The number of hydrogen-bond acceptors (Lipinski definition) is 2. The summed E-state index contributed by atoms with van der Waals surface area (Å²) in [5.41, 5.74) is 4.06. The molecule has 0 amide bonds. The highest BCUT2D eigenvalue weighted by Crippen LogP contribution is 2.35. The van der Waals surface area contributed by atoms with Crippen LogP contribution < -0.4 is 5.32 Å². The van der Waals surface area contributed by atoms with Crippen LogP contribution in [0.25, 0.3) is 0 Å². The van der Waals surface area contributed by atoms with Crippen LogP contribution in [0.15, 0.2) is 36.5 Å². The lowest BCUT2D eigenvalue weighted by Gasteiger charge is -2.19. The average molecular weight is 239 g/mol. The highest BCUT2D eigenvalue weighted by atomic mass is 15.3. The van der Waals surface area contributed by atoms with Gasteiger partial charge in [-0.1, -0.05) is 30.3 Å². The Morgan fingerprint density at radius 1 is 1.22 bits per heavy atom. The van der Waals surface area contributed by atoms with E-state index >= 15 is 0 Å². The molecule has 0 aliphatic carbocycles. The van der Waals surface area contributed by atoms with Gasteiger partial charge in [0.1, 0.15) is 0 Å². The molecule has 3 nitrogen and oxygen atoms in total. The summed E-state index contributed by atoms with van der Waals surface area (Å²) in [6.07, 6.45) is 5.92. The maximum Gasteiger partial charge on any atom is 0.0688 e. The van der Waals surface area contributed by atoms with E-state index in [4.69, 9.17) is 5.10 Å². The van der Waals surface area contributed by atoms with Crippen molar-refractivity contribution in [3.05, 3.63) is 53.3 Å². The van der Waals surface area contributed by atoms with Gasteiger partial charge in [-0.2, -0.15) is 5.10 Å². The summed E-state index contributed by atoms with van der Waals surface area (Å²) in [4.78, 5) is 0. The van der Waals surface area contributed by atoms with Crippen molar-refractivity contribution in [3.63, 3.8) is 0 Å². The molecule has 2 bridgehead atoms. The van der Waals surface area contributed by atoms with Crippen molar-refractivity contribution in [3.8, 4) is 0 Å². The number of nitrogens with one attached hydrogen (secondary N) is 1. The molecule has 1 N–H and O–H groups in total. The Morgan fingerprint density at radius 3 is 3.00 bits per heavy atom. The maximum atomic E-state index is 4.76. The van der Waals surface area contributed by atoms with Crippen LogP contribution in [-0.4, -0.2) is 15.8 Å². The summed E-state index contributed by atoms with van der Waals surface area (Å²) in [6.45, 7) is 0.880. The zero-order valence-electron chi connectivity index (χ0n) is 10.3. The highest BCUT2D eigenvalue weighted by molar-refractivity contribution is 5.28. The molecule has 4 rings (SSSR count). The summed E-state index contributed by atoms with van der Waals surface area (Å²) < 4.78 is 2.10. The highest BCUT2D eigenvalue weighted by Gasteiger charge is 2.34. The first kappa shape index (κ1) is 10.3. The normalized spacial score (nSPS) is 25.1. The van der Waals surface area contributed by atoms with E-state index in [2.05, 4.69) is 46.5 Å². The van der Waals surface area contributed by atoms with E-state index in [-0.39, 0.29) is 0 Å². The lowest BCUT2D eigenvalue weighted by molar-refractivity contribution is 0.509. The minimum absolute atomic E-state index is 0.559. The lowest BCUT2D eigenvalue weighted by Crippen LogP contribution is -2.31. The van der Waals surface area contributed by atoms with E-state index in [0.717, 1.165) is 13.0 Å². The Kier molecular flexibility index (Phi) is 2.27. The van der Waals surface area contributed by atoms with Crippen molar-refractivity contribution < 1.29 is 0 Å². The fourth-order valence-electron chi connectivity index (χ4n) is 3.24. The molecule has 1 aromatic heterocycles. The Hall–Kier alpha value is -1.61. The molecule has 92 valence electrons. The van der Waals surface area contributed by atoms with Gasteiger partial charge in [-0.15, -0.1) is 0 Å². The van der Waals surface area contributed by atoms with Crippen molar-refractivity contribution in [2.45, 2.75) is 37.9 Å². The number of hydrogen-bond donors (Lipinski definition) is 1. The van der Waals surface area contributed by atoms with Crippen LogP contribution >= 0.6 is 0 Å². The van der Waals surface area contributed by atoms with Crippen molar-refractivity contribution in [1.82, 2.24) is 15.1 Å². The number of aromatic nitrogens is 2. The van der Waals surface area contributed by atoms with E-state index in [1.54, 1.807) is 0 Å². The molecule has 1 fully saturated rings. The molecule has 0 spiro atoms. The fourth-order valence-corrected chi connectivity index (χ4v) is 3.24. The second-order valence-electron chi connectivity index (χ2n) is 5.41. The maximum absolute atomic E-state index is 4.76. The van der Waals surface area contributed by atoms with Gasteiger partial charge < -0.3 is 5.32 Å².